The van der Waals surface area contributed by atoms with Gasteiger partial charge in [0.2, 0.25) is 0 Å². The zero-order valence-electron chi connectivity index (χ0n) is 19.3. The molecule has 0 bridgehead atoms. The Labute approximate surface area is 200 Å². The molecular weight excluding hydrogens is 436 g/mol. The molecule has 2 aliphatic carbocycles. The quantitative estimate of drug-likeness (QED) is 0.346. The van der Waals surface area contributed by atoms with Crippen LogP contribution in [-0.4, -0.2) is 30.7 Å². The van der Waals surface area contributed by atoms with Gasteiger partial charge in [0.25, 0.3) is 0 Å². The van der Waals surface area contributed by atoms with Gasteiger partial charge in [0.1, 0.15) is 18.1 Å². The molecule has 0 saturated carbocycles. The molecule has 0 amide bonds. The Kier molecular flexibility index (Phi) is 8.67. The summed E-state index contributed by atoms with van der Waals surface area (Å²) in [5.41, 5.74) is 3.08. The molecule has 0 fully saturated rings. The molecule has 0 atom stereocenters. The maximum absolute atomic E-state index is 13.3. The largest absolute Gasteiger partial charge is 0.493 e. The van der Waals surface area contributed by atoms with Gasteiger partial charge in [0.05, 0.1) is 12.5 Å². The first kappa shape index (κ1) is 24.5. The van der Waals surface area contributed by atoms with Crippen molar-refractivity contribution < 1.29 is 19.1 Å². The second kappa shape index (κ2) is 11.7. The predicted molar refractivity (Wildman–Crippen MR) is 133 cm³/mol. The van der Waals surface area contributed by atoms with E-state index in [0.29, 0.717) is 58.4 Å². The first-order valence-electron chi connectivity index (χ1n) is 11.3. The van der Waals surface area contributed by atoms with Crippen molar-refractivity contribution in [2.24, 2.45) is 0 Å². The van der Waals surface area contributed by atoms with Crippen LogP contribution in [0.1, 0.15) is 65.5 Å². The molecule has 0 saturated heterocycles. The van der Waals surface area contributed by atoms with Gasteiger partial charge in [-0.15, -0.1) is 11.6 Å². The number of rotatable bonds is 6. The number of alkyl halides is 1. The molecule has 0 unspecified atom stereocenters. The van der Waals surface area contributed by atoms with Crippen molar-refractivity contribution in [3.05, 3.63) is 94.1 Å². The molecule has 172 valence electrons. The minimum absolute atomic E-state index is 0.204. The summed E-state index contributed by atoms with van der Waals surface area (Å²) in [6.45, 7) is 7.09. The molecule has 2 aromatic carbocycles. The molecule has 0 aromatic heterocycles. The van der Waals surface area contributed by atoms with Crippen molar-refractivity contribution in [2.75, 3.05) is 19.1 Å². The van der Waals surface area contributed by atoms with Crippen molar-refractivity contribution in [3.8, 4) is 0 Å². The van der Waals surface area contributed by atoms with Gasteiger partial charge < -0.3 is 9.47 Å². The summed E-state index contributed by atoms with van der Waals surface area (Å²) < 4.78 is 11.7. The summed E-state index contributed by atoms with van der Waals surface area (Å²) in [6.07, 6.45) is 5.41. The van der Waals surface area contributed by atoms with Crippen molar-refractivity contribution in [1.29, 1.82) is 0 Å². The lowest BCUT2D eigenvalue weighted by Gasteiger charge is -2.23. The first-order chi connectivity index (χ1) is 16.1. The smallest absolute Gasteiger partial charge is 0.194 e. The van der Waals surface area contributed by atoms with E-state index in [9.17, 15) is 9.59 Å². The van der Waals surface area contributed by atoms with E-state index in [-0.39, 0.29) is 11.6 Å². The van der Waals surface area contributed by atoms with E-state index in [2.05, 4.69) is 13.8 Å². The number of fused-ring (bicyclic) bond motifs is 2. The van der Waals surface area contributed by atoms with Gasteiger partial charge in [-0.1, -0.05) is 75.7 Å². The molecule has 33 heavy (non-hydrogen) atoms. The Morgan fingerprint density at radius 2 is 1.06 bits per heavy atom. The third-order valence-corrected chi connectivity index (χ3v) is 5.16. The Hall–Kier alpha value is -3.11. The molecule has 0 heterocycles. The highest BCUT2D eigenvalue weighted by molar-refractivity contribution is 6.25. The lowest BCUT2D eigenvalue weighted by atomic mass is 9.83. The summed E-state index contributed by atoms with van der Waals surface area (Å²) >= 11 is 5.80. The van der Waals surface area contributed by atoms with Gasteiger partial charge in [-0.3, -0.25) is 9.59 Å². The molecule has 0 aliphatic heterocycles. The Balaban J connectivity index is 0.000000968. The average molecular weight is 465 g/mol. The highest BCUT2D eigenvalue weighted by atomic mass is 35.5. The van der Waals surface area contributed by atoms with E-state index in [1.54, 1.807) is 30.4 Å². The van der Waals surface area contributed by atoms with Crippen LogP contribution in [0, 0.1) is 0 Å². The van der Waals surface area contributed by atoms with Crippen LogP contribution in [0.4, 0.5) is 0 Å². The van der Waals surface area contributed by atoms with Gasteiger partial charge in [-0.2, -0.15) is 0 Å². The van der Waals surface area contributed by atoms with Crippen LogP contribution in [0.3, 0.4) is 0 Å². The van der Waals surface area contributed by atoms with Gasteiger partial charge in [0, 0.05) is 33.4 Å². The first-order valence-corrected chi connectivity index (χ1v) is 11.9. The maximum Gasteiger partial charge on any atom is 0.194 e. The van der Waals surface area contributed by atoms with Gasteiger partial charge in [-0.25, -0.2) is 0 Å². The fourth-order valence-electron chi connectivity index (χ4n) is 3.63. The molecule has 4 nitrogen and oxygen atoms in total. The Bertz CT molecular complexity index is 1040. The SMILES string of the molecule is CCC.CCCOC1=C/C(=C2/C=C(OCCCl)c3ccccc3C2=O)C(=O)c2ccccc21. The van der Waals surface area contributed by atoms with E-state index in [1.165, 1.54) is 6.42 Å². The van der Waals surface area contributed by atoms with Crippen LogP contribution < -0.4 is 0 Å². The number of hydrogen-bond donors (Lipinski definition) is 0. The van der Waals surface area contributed by atoms with Crippen LogP contribution in [0.25, 0.3) is 11.5 Å². The van der Waals surface area contributed by atoms with Crippen molar-refractivity contribution in [2.45, 2.75) is 33.6 Å². The number of halogens is 1. The molecule has 0 spiro atoms. The number of carbonyl (C=O) groups excluding carboxylic acids is 2. The highest BCUT2D eigenvalue weighted by Gasteiger charge is 2.31. The van der Waals surface area contributed by atoms with Crippen molar-refractivity contribution in [1.82, 2.24) is 0 Å². The summed E-state index contributed by atoms with van der Waals surface area (Å²) in [5, 5.41) is 0. The number of carbonyl (C=O) groups is 2. The standard InChI is InChI=1S/C25H21ClO4.C3H8/c1-2-12-29-22-14-20(24(27)18-9-5-3-7-16(18)22)21-15-23(30-13-11-26)17-8-4-6-10-19(17)25(21)28;1-3-2/h3-10,14-15H,2,11-13H2,1H3;3H2,1-2H3/b21-20+;. The van der Waals surface area contributed by atoms with E-state index < -0.39 is 0 Å². The highest BCUT2D eigenvalue weighted by Crippen LogP contribution is 2.36. The third-order valence-electron chi connectivity index (χ3n) is 5.00. The van der Waals surface area contributed by atoms with Crippen LogP contribution >= 0.6 is 11.6 Å². The van der Waals surface area contributed by atoms with Crippen LogP contribution in [-0.2, 0) is 9.47 Å². The van der Waals surface area contributed by atoms with Crippen LogP contribution in [0.15, 0.2) is 71.8 Å². The average Bonchev–Trinajstić information content (AvgIpc) is 2.84. The number of allylic oxidation sites excluding steroid dienone is 4. The third kappa shape index (κ3) is 5.28. The van der Waals surface area contributed by atoms with E-state index in [1.807, 2.05) is 37.3 Å². The zero-order valence-corrected chi connectivity index (χ0v) is 20.1. The number of ether oxygens (including phenoxy) is 2. The lowest BCUT2D eigenvalue weighted by Crippen LogP contribution is -2.20. The number of ketones is 2. The molecule has 4 rings (SSSR count). The summed E-state index contributed by atoms with van der Waals surface area (Å²) in [7, 11) is 0. The van der Waals surface area contributed by atoms with Crippen LogP contribution in [0.2, 0.25) is 0 Å². The van der Waals surface area contributed by atoms with E-state index >= 15 is 0 Å². The molecule has 2 aliphatic rings. The molecular formula is C28H29ClO4. The monoisotopic (exact) mass is 464 g/mol. The number of hydrogen-bond acceptors (Lipinski definition) is 4. The van der Waals surface area contributed by atoms with E-state index in [0.717, 1.165) is 12.0 Å². The summed E-state index contributed by atoms with van der Waals surface area (Å²) in [6, 6.07) is 14.5. The topological polar surface area (TPSA) is 52.6 Å². The fourth-order valence-corrected chi connectivity index (χ4v) is 3.71. The number of benzene rings is 2. The molecule has 2 aromatic rings. The minimum atomic E-state index is -0.211. The zero-order chi connectivity index (χ0) is 23.8. The summed E-state index contributed by atoms with van der Waals surface area (Å²) in [4.78, 5) is 26.6. The van der Waals surface area contributed by atoms with Crippen LogP contribution in [0.5, 0.6) is 0 Å². The second-order valence-corrected chi connectivity index (χ2v) is 8.06. The van der Waals surface area contributed by atoms with Crippen molar-refractivity contribution in [3.63, 3.8) is 0 Å². The normalized spacial score (nSPS) is 16.6. The fraction of sp³-hybridized carbons (Fsp3) is 0.286. The second-order valence-electron chi connectivity index (χ2n) is 7.69. The molecule has 0 N–H and O–H groups in total. The van der Waals surface area contributed by atoms with Crippen molar-refractivity contribution >= 4 is 34.7 Å². The Morgan fingerprint density at radius 3 is 1.45 bits per heavy atom. The molecule has 5 heteroatoms. The summed E-state index contributed by atoms with van der Waals surface area (Å²) in [5.74, 6) is 1.03. The Morgan fingerprint density at radius 1 is 0.667 bits per heavy atom. The predicted octanol–water partition coefficient (Wildman–Crippen LogP) is 6.86. The lowest BCUT2D eigenvalue weighted by molar-refractivity contribution is 0.100. The maximum atomic E-state index is 13.3. The van der Waals surface area contributed by atoms with Gasteiger partial charge >= 0.3 is 0 Å². The van der Waals surface area contributed by atoms with E-state index in [4.69, 9.17) is 21.1 Å². The van der Waals surface area contributed by atoms with Gasteiger partial charge in [-0.05, 0) is 18.6 Å². The number of Topliss-reactive ketones (excluding diaryl/α,β-unsaturated/α-hetero) is 2. The van der Waals surface area contributed by atoms with Gasteiger partial charge in [0.15, 0.2) is 11.6 Å². The minimum Gasteiger partial charge on any atom is -0.493 e. The molecule has 0 radical (unpaired) electrons.